The summed E-state index contributed by atoms with van der Waals surface area (Å²) in [6.07, 6.45) is 3.08. The van der Waals surface area contributed by atoms with E-state index in [1.807, 2.05) is 13.8 Å². The molecule has 0 saturated heterocycles. The van der Waals surface area contributed by atoms with Gasteiger partial charge in [0.25, 0.3) is 0 Å². The first kappa shape index (κ1) is 16.4. The second kappa shape index (κ2) is 6.85. The molecule has 0 heterocycles. The molecule has 0 amide bonds. The van der Waals surface area contributed by atoms with E-state index in [2.05, 4.69) is 10.0 Å². The average Bonchev–Trinajstić information content (AvgIpc) is 3.24. The van der Waals surface area contributed by atoms with E-state index in [1.54, 1.807) is 0 Å². The molecule has 1 atom stereocenters. The van der Waals surface area contributed by atoms with Crippen LogP contribution in [0.15, 0.2) is 23.1 Å². The molecular formula is C15H23FN2O2S. The van der Waals surface area contributed by atoms with E-state index in [1.165, 1.54) is 18.2 Å². The highest BCUT2D eigenvalue weighted by Crippen LogP contribution is 2.33. The van der Waals surface area contributed by atoms with E-state index in [4.69, 9.17) is 0 Å². The molecular weight excluding hydrogens is 291 g/mol. The van der Waals surface area contributed by atoms with Crippen molar-refractivity contribution in [2.45, 2.75) is 50.6 Å². The molecule has 21 heavy (non-hydrogen) atoms. The third-order valence-corrected chi connectivity index (χ3v) is 5.30. The number of rotatable bonds is 8. The molecule has 1 aliphatic rings. The zero-order valence-electron chi connectivity index (χ0n) is 12.5. The van der Waals surface area contributed by atoms with E-state index < -0.39 is 10.0 Å². The minimum absolute atomic E-state index is 0.0679. The number of sulfonamides is 1. The van der Waals surface area contributed by atoms with E-state index in [-0.39, 0.29) is 16.8 Å². The minimum Gasteiger partial charge on any atom is -0.313 e. The Labute approximate surface area is 126 Å². The van der Waals surface area contributed by atoms with Crippen LogP contribution in [0.1, 0.15) is 38.7 Å². The number of benzene rings is 1. The van der Waals surface area contributed by atoms with E-state index in [0.717, 1.165) is 25.8 Å². The topological polar surface area (TPSA) is 58.2 Å². The van der Waals surface area contributed by atoms with Crippen molar-refractivity contribution in [3.8, 4) is 0 Å². The predicted octanol–water partition coefficient (Wildman–Crippen LogP) is 2.40. The maximum atomic E-state index is 13.7. The molecule has 1 unspecified atom stereocenters. The molecule has 0 bridgehead atoms. The van der Waals surface area contributed by atoms with Crippen LogP contribution in [-0.2, 0) is 16.6 Å². The number of hydrogen-bond acceptors (Lipinski definition) is 3. The Kier molecular flexibility index (Phi) is 5.35. The molecule has 2 rings (SSSR count). The summed E-state index contributed by atoms with van der Waals surface area (Å²) in [5, 5.41) is 3.08. The summed E-state index contributed by atoms with van der Waals surface area (Å²) < 4.78 is 41.0. The van der Waals surface area contributed by atoms with Gasteiger partial charge in [-0.25, -0.2) is 17.5 Å². The number of hydrogen-bond donors (Lipinski definition) is 2. The van der Waals surface area contributed by atoms with Crippen LogP contribution in [0.3, 0.4) is 0 Å². The van der Waals surface area contributed by atoms with Gasteiger partial charge in [-0.3, -0.25) is 0 Å². The van der Waals surface area contributed by atoms with Gasteiger partial charge in [-0.2, -0.15) is 0 Å². The van der Waals surface area contributed by atoms with Crippen molar-refractivity contribution in [2.75, 3.05) is 6.54 Å². The lowest BCUT2D eigenvalue weighted by molar-refractivity contribution is 0.537. The fraction of sp³-hybridized carbons (Fsp3) is 0.600. The summed E-state index contributed by atoms with van der Waals surface area (Å²) in [7, 11) is -3.58. The van der Waals surface area contributed by atoms with Gasteiger partial charge in [0, 0.05) is 18.2 Å². The summed E-state index contributed by atoms with van der Waals surface area (Å²) in [4.78, 5) is 0.129. The Morgan fingerprint density at radius 1 is 1.38 bits per heavy atom. The number of nitrogens with one attached hydrogen (secondary N) is 2. The normalized spacial score (nSPS) is 16.9. The molecule has 1 saturated carbocycles. The summed E-state index contributed by atoms with van der Waals surface area (Å²) in [6.45, 7) is 5.00. The van der Waals surface area contributed by atoms with Crippen LogP contribution in [0.2, 0.25) is 0 Å². The van der Waals surface area contributed by atoms with Crippen LogP contribution < -0.4 is 10.0 Å². The molecule has 4 nitrogen and oxygen atoms in total. The van der Waals surface area contributed by atoms with Crippen molar-refractivity contribution in [1.29, 1.82) is 0 Å². The molecule has 0 aliphatic heterocycles. The average molecular weight is 314 g/mol. The molecule has 0 spiro atoms. The van der Waals surface area contributed by atoms with Crippen molar-refractivity contribution in [2.24, 2.45) is 5.92 Å². The molecule has 1 fully saturated rings. The third-order valence-electron chi connectivity index (χ3n) is 3.74. The SMILES string of the molecule is CCCNCc1cc(S(=O)(=O)NC(C)C2CC2)ccc1F. The molecule has 0 aromatic heterocycles. The highest BCUT2D eigenvalue weighted by atomic mass is 32.2. The van der Waals surface area contributed by atoms with Crippen molar-refractivity contribution in [1.82, 2.24) is 10.0 Å². The molecule has 2 N–H and O–H groups in total. The zero-order valence-corrected chi connectivity index (χ0v) is 13.3. The first-order chi connectivity index (χ1) is 9.94. The Bertz CT molecular complexity index is 585. The Hall–Kier alpha value is -0.980. The van der Waals surface area contributed by atoms with Crippen LogP contribution in [-0.4, -0.2) is 21.0 Å². The van der Waals surface area contributed by atoms with Crippen molar-refractivity contribution in [3.63, 3.8) is 0 Å². The van der Waals surface area contributed by atoms with Crippen molar-refractivity contribution < 1.29 is 12.8 Å². The second-order valence-electron chi connectivity index (χ2n) is 5.68. The maximum absolute atomic E-state index is 13.7. The van der Waals surface area contributed by atoms with E-state index in [0.29, 0.717) is 18.0 Å². The Morgan fingerprint density at radius 3 is 2.71 bits per heavy atom. The second-order valence-corrected chi connectivity index (χ2v) is 7.39. The standard InChI is InChI=1S/C15H23FN2O2S/c1-3-8-17-10-13-9-14(6-7-15(13)16)21(19,20)18-11(2)12-4-5-12/h6-7,9,11-12,17-18H,3-5,8,10H2,1-2H3. The zero-order chi connectivity index (χ0) is 15.5. The van der Waals surface area contributed by atoms with Gasteiger partial charge in [0.05, 0.1) is 4.90 Å². The Morgan fingerprint density at radius 2 is 2.10 bits per heavy atom. The smallest absolute Gasteiger partial charge is 0.240 e. The first-order valence-corrected chi connectivity index (χ1v) is 8.94. The van der Waals surface area contributed by atoms with Crippen molar-refractivity contribution in [3.05, 3.63) is 29.6 Å². The molecule has 0 radical (unpaired) electrons. The van der Waals surface area contributed by atoms with Gasteiger partial charge in [0.15, 0.2) is 0 Å². The highest BCUT2D eigenvalue weighted by Gasteiger charge is 2.31. The fourth-order valence-corrected chi connectivity index (χ4v) is 3.62. The largest absolute Gasteiger partial charge is 0.313 e. The molecule has 1 aliphatic carbocycles. The lowest BCUT2D eigenvalue weighted by Gasteiger charge is -2.14. The monoisotopic (exact) mass is 314 g/mol. The summed E-state index contributed by atoms with van der Waals surface area (Å²) >= 11 is 0. The fourth-order valence-electron chi connectivity index (χ4n) is 2.26. The Balaban J connectivity index is 2.12. The lowest BCUT2D eigenvalue weighted by atomic mass is 10.2. The van der Waals surface area contributed by atoms with Gasteiger partial charge < -0.3 is 5.32 Å². The first-order valence-electron chi connectivity index (χ1n) is 7.45. The van der Waals surface area contributed by atoms with Crippen LogP contribution in [0, 0.1) is 11.7 Å². The quantitative estimate of drug-likeness (QED) is 0.725. The minimum atomic E-state index is -3.58. The molecule has 6 heteroatoms. The van der Waals surface area contributed by atoms with Gasteiger partial charge in [-0.1, -0.05) is 6.92 Å². The lowest BCUT2D eigenvalue weighted by Crippen LogP contribution is -2.34. The molecule has 118 valence electrons. The number of halogens is 1. The maximum Gasteiger partial charge on any atom is 0.240 e. The third kappa shape index (κ3) is 4.49. The molecule has 1 aromatic rings. The summed E-state index contributed by atoms with van der Waals surface area (Å²) in [6, 6.07) is 3.89. The molecule has 1 aromatic carbocycles. The highest BCUT2D eigenvalue weighted by molar-refractivity contribution is 7.89. The van der Waals surface area contributed by atoms with Gasteiger partial charge in [0.2, 0.25) is 10.0 Å². The van der Waals surface area contributed by atoms with Gasteiger partial charge in [0.1, 0.15) is 5.82 Å². The van der Waals surface area contributed by atoms with Crippen LogP contribution in [0.25, 0.3) is 0 Å². The predicted molar refractivity (Wildman–Crippen MR) is 80.9 cm³/mol. The summed E-state index contributed by atoms with van der Waals surface area (Å²) in [5.41, 5.74) is 0.380. The van der Waals surface area contributed by atoms with Gasteiger partial charge >= 0.3 is 0 Å². The van der Waals surface area contributed by atoms with Gasteiger partial charge in [-0.15, -0.1) is 0 Å². The van der Waals surface area contributed by atoms with Crippen LogP contribution in [0.4, 0.5) is 4.39 Å². The summed E-state index contributed by atoms with van der Waals surface area (Å²) in [5.74, 6) is 0.0544. The van der Waals surface area contributed by atoms with Crippen LogP contribution in [0.5, 0.6) is 0 Å². The van der Waals surface area contributed by atoms with E-state index >= 15 is 0 Å². The van der Waals surface area contributed by atoms with E-state index in [9.17, 15) is 12.8 Å². The van der Waals surface area contributed by atoms with Crippen molar-refractivity contribution >= 4 is 10.0 Å². The van der Waals surface area contributed by atoms with Crippen LogP contribution >= 0.6 is 0 Å². The van der Waals surface area contributed by atoms with Gasteiger partial charge in [-0.05, 0) is 56.8 Å².